The fourth-order valence-electron chi connectivity index (χ4n) is 2.21. The smallest absolute Gasteiger partial charge is 0.237 e. The number of carbonyl (C=O) groups is 1. The van der Waals surface area contributed by atoms with Crippen LogP contribution >= 0.6 is 12.4 Å². The molecule has 4 nitrogen and oxygen atoms in total. The molecule has 2 rings (SSSR count). The van der Waals surface area contributed by atoms with Gasteiger partial charge in [0.2, 0.25) is 5.91 Å². The number of halogens is 2. The van der Waals surface area contributed by atoms with Crippen molar-refractivity contribution in [2.24, 2.45) is 11.7 Å². The molecule has 2 unspecified atom stereocenters. The van der Waals surface area contributed by atoms with Crippen LogP contribution in [0.5, 0.6) is 0 Å². The van der Waals surface area contributed by atoms with E-state index in [1.165, 1.54) is 12.1 Å². The minimum Gasteiger partial charge on any atom is -0.459 e. The third-order valence-electron chi connectivity index (χ3n) is 3.98. The van der Waals surface area contributed by atoms with Gasteiger partial charge in [-0.1, -0.05) is 20.3 Å². The zero-order valence-corrected chi connectivity index (χ0v) is 13.8. The van der Waals surface area contributed by atoms with Gasteiger partial charge in [0.15, 0.2) is 0 Å². The van der Waals surface area contributed by atoms with Crippen LogP contribution in [0, 0.1) is 18.7 Å². The van der Waals surface area contributed by atoms with Crippen LogP contribution in [0.4, 0.5) is 4.39 Å². The summed E-state index contributed by atoms with van der Waals surface area (Å²) in [7, 11) is 0. The summed E-state index contributed by atoms with van der Waals surface area (Å²) in [4.78, 5) is 12.0. The van der Waals surface area contributed by atoms with E-state index in [1.807, 2.05) is 20.8 Å². The summed E-state index contributed by atoms with van der Waals surface area (Å²) in [5.74, 6) is 0.243. The molecule has 3 N–H and O–H groups in total. The second-order valence-electron chi connectivity index (χ2n) is 5.42. The standard InChI is InChI=1S/C16H21FN2O2.ClH/c1-4-9(2)15(18)16(20)19-8-14-10(3)12-7-11(17)5-6-13(12)21-14;/h5-7,9,15H,4,8,18H2,1-3H3,(H,19,20);1H. The van der Waals surface area contributed by atoms with E-state index < -0.39 is 6.04 Å². The van der Waals surface area contributed by atoms with E-state index in [9.17, 15) is 9.18 Å². The number of hydrogen-bond donors (Lipinski definition) is 2. The maximum absolute atomic E-state index is 13.2. The molecule has 0 aliphatic carbocycles. The van der Waals surface area contributed by atoms with Gasteiger partial charge in [0.25, 0.3) is 0 Å². The van der Waals surface area contributed by atoms with Gasteiger partial charge in [-0.05, 0) is 31.0 Å². The molecular formula is C16H22ClFN2O2. The Bertz CT molecular complexity index is 657. The van der Waals surface area contributed by atoms with E-state index in [0.29, 0.717) is 11.3 Å². The molecule has 22 heavy (non-hydrogen) atoms. The van der Waals surface area contributed by atoms with Crippen LogP contribution in [0.1, 0.15) is 31.6 Å². The highest BCUT2D eigenvalue weighted by Crippen LogP contribution is 2.25. The van der Waals surface area contributed by atoms with Gasteiger partial charge in [0.1, 0.15) is 17.2 Å². The van der Waals surface area contributed by atoms with Gasteiger partial charge < -0.3 is 15.5 Å². The summed E-state index contributed by atoms with van der Waals surface area (Å²) in [6, 6.07) is 3.85. The quantitative estimate of drug-likeness (QED) is 0.885. The first kappa shape index (κ1) is 18.5. The van der Waals surface area contributed by atoms with Gasteiger partial charge in [-0.25, -0.2) is 4.39 Å². The van der Waals surface area contributed by atoms with Crippen molar-refractivity contribution >= 4 is 29.3 Å². The average Bonchev–Trinajstić information content (AvgIpc) is 2.79. The minimum atomic E-state index is -0.530. The molecule has 1 heterocycles. The van der Waals surface area contributed by atoms with E-state index in [-0.39, 0.29) is 36.6 Å². The van der Waals surface area contributed by atoms with E-state index >= 15 is 0 Å². The molecule has 0 aliphatic heterocycles. The Kier molecular flexibility index (Phi) is 6.38. The molecule has 0 spiro atoms. The molecule has 0 radical (unpaired) electrons. The third-order valence-corrected chi connectivity index (χ3v) is 3.98. The summed E-state index contributed by atoms with van der Waals surface area (Å²) >= 11 is 0. The molecule has 0 saturated heterocycles. The Morgan fingerprint density at radius 3 is 2.77 bits per heavy atom. The van der Waals surface area contributed by atoms with E-state index in [2.05, 4.69) is 5.32 Å². The lowest BCUT2D eigenvalue weighted by Gasteiger charge is -2.17. The lowest BCUT2D eigenvalue weighted by atomic mass is 9.99. The molecule has 1 aromatic carbocycles. The highest BCUT2D eigenvalue weighted by atomic mass is 35.5. The Balaban J connectivity index is 0.00000242. The molecule has 1 aromatic heterocycles. The summed E-state index contributed by atoms with van der Waals surface area (Å²) in [6.07, 6.45) is 0.845. The normalized spacial score (nSPS) is 13.5. The largest absolute Gasteiger partial charge is 0.459 e. The number of amides is 1. The predicted molar refractivity (Wildman–Crippen MR) is 87.4 cm³/mol. The van der Waals surface area contributed by atoms with Gasteiger partial charge >= 0.3 is 0 Å². The second-order valence-corrected chi connectivity index (χ2v) is 5.42. The van der Waals surface area contributed by atoms with Gasteiger partial charge in [0, 0.05) is 10.9 Å². The molecule has 1 amide bonds. The molecule has 0 bridgehead atoms. The summed E-state index contributed by atoms with van der Waals surface area (Å²) < 4.78 is 18.9. The zero-order chi connectivity index (χ0) is 15.6. The van der Waals surface area contributed by atoms with Crippen LogP contribution in [0.3, 0.4) is 0 Å². The molecule has 0 aliphatic rings. The monoisotopic (exact) mass is 328 g/mol. The van der Waals surface area contributed by atoms with Crippen LogP contribution in [0.2, 0.25) is 0 Å². The zero-order valence-electron chi connectivity index (χ0n) is 13.0. The van der Waals surface area contributed by atoms with Crippen LogP contribution in [-0.4, -0.2) is 11.9 Å². The Hall–Kier alpha value is -1.59. The SMILES string of the molecule is CCC(C)C(N)C(=O)NCc1oc2ccc(F)cc2c1C.Cl. The van der Waals surface area contributed by atoms with Crippen molar-refractivity contribution in [3.8, 4) is 0 Å². The number of fused-ring (bicyclic) bond motifs is 1. The number of carbonyl (C=O) groups excluding carboxylic acids is 1. The first-order chi connectivity index (χ1) is 9.93. The summed E-state index contributed by atoms with van der Waals surface area (Å²) in [6.45, 7) is 6.04. The van der Waals surface area contributed by atoms with E-state index in [1.54, 1.807) is 6.07 Å². The van der Waals surface area contributed by atoms with Crippen molar-refractivity contribution in [2.75, 3.05) is 0 Å². The summed E-state index contributed by atoms with van der Waals surface area (Å²) in [5.41, 5.74) is 7.33. The lowest BCUT2D eigenvalue weighted by Crippen LogP contribution is -2.44. The van der Waals surface area contributed by atoms with Crippen LogP contribution < -0.4 is 11.1 Å². The average molecular weight is 329 g/mol. The fraction of sp³-hybridized carbons (Fsp3) is 0.438. The number of hydrogen-bond acceptors (Lipinski definition) is 3. The van der Waals surface area contributed by atoms with Crippen molar-refractivity contribution in [2.45, 2.75) is 39.8 Å². The van der Waals surface area contributed by atoms with Crippen LogP contribution in [0.25, 0.3) is 11.0 Å². The lowest BCUT2D eigenvalue weighted by molar-refractivity contribution is -0.123. The molecule has 0 saturated carbocycles. The second kappa shape index (κ2) is 7.61. The molecular weight excluding hydrogens is 307 g/mol. The number of aryl methyl sites for hydroxylation is 1. The van der Waals surface area contributed by atoms with Crippen LogP contribution in [-0.2, 0) is 11.3 Å². The van der Waals surface area contributed by atoms with Crippen molar-refractivity contribution in [3.63, 3.8) is 0 Å². The predicted octanol–water partition coefficient (Wildman–Crippen LogP) is 3.29. The molecule has 6 heteroatoms. The number of benzene rings is 1. The van der Waals surface area contributed by atoms with Crippen LogP contribution in [0.15, 0.2) is 22.6 Å². The topological polar surface area (TPSA) is 68.3 Å². The Morgan fingerprint density at radius 1 is 1.45 bits per heavy atom. The van der Waals surface area contributed by atoms with Gasteiger partial charge in [-0.3, -0.25) is 4.79 Å². The van der Waals surface area contributed by atoms with Gasteiger partial charge in [-0.15, -0.1) is 12.4 Å². The fourth-order valence-corrected chi connectivity index (χ4v) is 2.21. The Labute approximate surface area is 135 Å². The van der Waals surface area contributed by atoms with Gasteiger partial charge in [-0.2, -0.15) is 0 Å². The first-order valence-corrected chi connectivity index (χ1v) is 7.14. The molecule has 122 valence electrons. The highest BCUT2D eigenvalue weighted by molar-refractivity contribution is 5.85. The van der Waals surface area contributed by atoms with Crippen molar-refractivity contribution in [1.82, 2.24) is 5.32 Å². The van der Waals surface area contributed by atoms with Crippen molar-refractivity contribution in [3.05, 3.63) is 35.3 Å². The third kappa shape index (κ3) is 3.78. The summed E-state index contributed by atoms with van der Waals surface area (Å²) in [5, 5.41) is 3.51. The van der Waals surface area contributed by atoms with Gasteiger partial charge in [0.05, 0.1) is 12.6 Å². The molecule has 2 aromatic rings. The molecule has 2 atom stereocenters. The van der Waals surface area contributed by atoms with Crippen molar-refractivity contribution < 1.29 is 13.6 Å². The maximum Gasteiger partial charge on any atom is 0.237 e. The van der Waals surface area contributed by atoms with E-state index in [0.717, 1.165) is 17.4 Å². The minimum absolute atomic E-state index is 0. The van der Waals surface area contributed by atoms with E-state index in [4.69, 9.17) is 10.2 Å². The Morgan fingerprint density at radius 2 is 2.14 bits per heavy atom. The molecule has 0 fully saturated rings. The number of furan rings is 1. The first-order valence-electron chi connectivity index (χ1n) is 7.14. The number of nitrogens with one attached hydrogen (secondary N) is 1. The number of rotatable bonds is 5. The maximum atomic E-state index is 13.2. The van der Waals surface area contributed by atoms with Crippen molar-refractivity contribution in [1.29, 1.82) is 0 Å². The number of nitrogens with two attached hydrogens (primary N) is 1. The highest BCUT2D eigenvalue weighted by Gasteiger charge is 2.20.